The van der Waals surface area contributed by atoms with E-state index in [1.165, 1.54) is 0 Å². The number of carbonyl (C=O) groups excluding carboxylic acids is 1. The van der Waals surface area contributed by atoms with E-state index < -0.39 is 0 Å². The van der Waals surface area contributed by atoms with Crippen LogP contribution >= 0.6 is 0 Å². The number of carbonyl (C=O) groups is 1. The van der Waals surface area contributed by atoms with Crippen molar-refractivity contribution in [1.29, 1.82) is 0 Å². The van der Waals surface area contributed by atoms with Crippen LogP contribution < -0.4 is 20.5 Å². The van der Waals surface area contributed by atoms with Crippen molar-refractivity contribution in [3.63, 3.8) is 0 Å². The zero-order chi connectivity index (χ0) is 15.2. The second-order valence-corrected chi connectivity index (χ2v) is 5.56. The molecule has 0 radical (unpaired) electrons. The van der Waals surface area contributed by atoms with Crippen LogP contribution in [-0.2, 0) is 0 Å². The summed E-state index contributed by atoms with van der Waals surface area (Å²) in [5, 5.41) is 3.00. The van der Waals surface area contributed by atoms with Crippen LogP contribution in [-0.4, -0.2) is 32.7 Å². The fourth-order valence-corrected chi connectivity index (χ4v) is 2.71. The summed E-state index contributed by atoms with van der Waals surface area (Å²) in [6, 6.07) is 5.52. The van der Waals surface area contributed by atoms with E-state index in [0.717, 1.165) is 25.7 Å². The molecule has 0 saturated heterocycles. The first kappa shape index (κ1) is 15.6. The third kappa shape index (κ3) is 4.11. The average molecular weight is 292 g/mol. The largest absolute Gasteiger partial charge is 0.493 e. The van der Waals surface area contributed by atoms with E-state index in [1.807, 2.05) is 0 Å². The number of nitrogens with two attached hydrogens (primary N) is 1. The minimum absolute atomic E-state index is 0.0779. The minimum atomic E-state index is -0.0779. The molecule has 1 aromatic carbocycles. The van der Waals surface area contributed by atoms with Crippen molar-refractivity contribution in [3.05, 3.63) is 23.8 Å². The molecule has 0 unspecified atom stereocenters. The van der Waals surface area contributed by atoms with Crippen LogP contribution in [0.1, 0.15) is 36.0 Å². The van der Waals surface area contributed by atoms with Crippen LogP contribution in [0.2, 0.25) is 0 Å². The van der Waals surface area contributed by atoms with E-state index in [2.05, 4.69) is 5.32 Å². The van der Waals surface area contributed by atoms with Gasteiger partial charge in [0, 0.05) is 18.2 Å². The van der Waals surface area contributed by atoms with Crippen LogP contribution in [0, 0.1) is 5.92 Å². The fourth-order valence-electron chi connectivity index (χ4n) is 2.71. The van der Waals surface area contributed by atoms with Crippen molar-refractivity contribution < 1.29 is 14.3 Å². The molecular formula is C16H24N2O3. The Morgan fingerprint density at radius 3 is 2.48 bits per heavy atom. The van der Waals surface area contributed by atoms with Gasteiger partial charge in [0.05, 0.1) is 14.2 Å². The molecule has 0 aliphatic heterocycles. The lowest BCUT2D eigenvalue weighted by molar-refractivity contribution is 0.0942. The second kappa shape index (κ2) is 7.31. The maximum absolute atomic E-state index is 12.2. The first-order valence-corrected chi connectivity index (χ1v) is 7.40. The van der Waals surface area contributed by atoms with Crippen LogP contribution in [0.3, 0.4) is 0 Å². The first-order chi connectivity index (χ1) is 10.1. The number of hydrogen-bond acceptors (Lipinski definition) is 4. The van der Waals surface area contributed by atoms with Gasteiger partial charge in [0.15, 0.2) is 11.5 Å². The predicted octanol–water partition coefficient (Wildman–Crippen LogP) is 1.95. The average Bonchev–Trinajstić information content (AvgIpc) is 2.53. The van der Waals surface area contributed by atoms with E-state index in [-0.39, 0.29) is 5.91 Å². The topological polar surface area (TPSA) is 73.6 Å². The number of benzene rings is 1. The van der Waals surface area contributed by atoms with E-state index in [9.17, 15) is 4.79 Å². The maximum Gasteiger partial charge on any atom is 0.251 e. The highest BCUT2D eigenvalue weighted by Crippen LogP contribution is 2.27. The Morgan fingerprint density at radius 2 is 1.86 bits per heavy atom. The lowest BCUT2D eigenvalue weighted by atomic mass is 9.86. The summed E-state index contributed by atoms with van der Waals surface area (Å²) in [4.78, 5) is 12.2. The van der Waals surface area contributed by atoms with Crippen LogP contribution in [0.4, 0.5) is 0 Å². The summed E-state index contributed by atoms with van der Waals surface area (Å²) >= 11 is 0. The van der Waals surface area contributed by atoms with Gasteiger partial charge in [0.1, 0.15) is 0 Å². The van der Waals surface area contributed by atoms with Gasteiger partial charge in [-0.1, -0.05) is 0 Å². The van der Waals surface area contributed by atoms with Gasteiger partial charge >= 0.3 is 0 Å². The van der Waals surface area contributed by atoms with Gasteiger partial charge in [0.25, 0.3) is 5.91 Å². The Labute approximate surface area is 125 Å². The summed E-state index contributed by atoms with van der Waals surface area (Å²) in [5.41, 5.74) is 6.47. The van der Waals surface area contributed by atoms with Crippen molar-refractivity contribution in [3.8, 4) is 11.5 Å². The molecule has 2 rings (SSSR count). The van der Waals surface area contributed by atoms with Crippen LogP contribution in [0.15, 0.2) is 18.2 Å². The van der Waals surface area contributed by atoms with E-state index in [4.69, 9.17) is 15.2 Å². The van der Waals surface area contributed by atoms with Crippen LogP contribution in [0.5, 0.6) is 11.5 Å². The van der Waals surface area contributed by atoms with E-state index in [0.29, 0.717) is 35.6 Å². The molecule has 0 heterocycles. The molecule has 1 amide bonds. The molecule has 1 aliphatic carbocycles. The summed E-state index contributed by atoms with van der Waals surface area (Å²) in [5.74, 6) is 1.64. The molecule has 5 heteroatoms. The minimum Gasteiger partial charge on any atom is -0.493 e. The van der Waals surface area contributed by atoms with Gasteiger partial charge in [-0.15, -0.1) is 0 Å². The van der Waals surface area contributed by atoms with E-state index in [1.54, 1.807) is 32.4 Å². The Kier molecular flexibility index (Phi) is 5.44. The first-order valence-electron chi connectivity index (χ1n) is 7.40. The number of ether oxygens (including phenoxy) is 2. The molecular weight excluding hydrogens is 268 g/mol. The van der Waals surface area contributed by atoms with Crippen molar-refractivity contribution in [2.75, 3.05) is 20.8 Å². The lowest BCUT2D eigenvalue weighted by Crippen LogP contribution is -2.34. The smallest absolute Gasteiger partial charge is 0.251 e. The highest BCUT2D eigenvalue weighted by molar-refractivity contribution is 5.94. The molecule has 1 aromatic rings. The molecule has 0 atom stereocenters. The Bertz CT molecular complexity index is 482. The number of hydrogen-bond donors (Lipinski definition) is 2. The molecule has 0 aromatic heterocycles. The monoisotopic (exact) mass is 292 g/mol. The van der Waals surface area contributed by atoms with Crippen molar-refractivity contribution in [2.45, 2.75) is 31.7 Å². The summed E-state index contributed by atoms with van der Waals surface area (Å²) < 4.78 is 10.4. The summed E-state index contributed by atoms with van der Waals surface area (Å²) in [6.45, 7) is 0.708. The lowest BCUT2D eigenvalue weighted by Gasteiger charge is -2.26. The third-order valence-electron chi connectivity index (χ3n) is 4.09. The highest BCUT2D eigenvalue weighted by atomic mass is 16.5. The van der Waals surface area contributed by atoms with Crippen LogP contribution in [0.25, 0.3) is 0 Å². The second-order valence-electron chi connectivity index (χ2n) is 5.56. The Balaban J connectivity index is 1.91. The van der Waals surface area contributed by atoms with Gasteiger partial charge < -0.3 is 20.5 Å². The molecule has 0 bridgehead atoms. The quantitative estimate of drug-likeness (QED) is 0.870. The van der Waals surface area contributed by atoms with E-state index >= 15 is 0 Å². The molecule has 116 valence electrons. The van der Waals surface area contributed by atoms with Gasteiger partial charge in [-0.25, -0.2) is 0 Å². The standard InChI is InChI=1S/C16H24N2O3/c1-20-14-8-5-12(9-15(14)21-2)16(19)18-10-11-3-6-13(17)7-4-11/h5,8-9,11,13H,3-4,6-7,10,17H2,1-2H3,(H,18,19). The highest BCUT2D eigenvalue weighted by Gasteiger charge is 2.19. The molecule has 1 fully saturated rings. The normalized spacial score (nSPS) is 21.7. The molecule has 0 spiro atoms. The molecule has 5 nitrogen and oxygen atoms in total. The molecule has 1 saturated carbocycles. The molecule has 3 N–H and O–H groups in total. The maximum atomic E-state index is 12.2. The zero-order valence-electron chi connectivity index (χ0n) is 12.7. The fraction of sp³-hybridized carbons (Fsp3) is 0.562. The molecule has 21 heavy (non-hydrogen) atoms. The molecule has 1 aliphatic rings. The Hall–Kier alpha value is -1.75. The SMILES string of the molecule is COc1ccc(C(=O)NCC2CCC(N)CC2)cc1OC. The van der Waals surface area contributed by atoms with Crippen molar-refractivity contribution >= 4 is 5.91 Å². The number of amides is 1. The number of nitrogens with one attached hydrogen (secondary N) is 1. The van der Waals surface area contributed by atoms with Crippen molar-refractivity contribution in [2.24, 2.45) is 11.7 Å². The van der Waals surface area contributed by atoms with Gasteiger partial charge in [-0.2, -0.15) is 0 Å². The Morgan fingerprint density at radius 1 is 1.19 bits per heavy atom. The summed E-state index contributed by atoms with van der Waals surface area (Å²) in [7, 11) is 3.14. The predicted molar refractivity (Wildman–Crippen MR) is 81.8 cm³/mol. The number of rotatable bonds is 5. The summed E-state index contributed by atoms with van der Waals surface area (Å²) in [6.07, 6.45) is 4.29. The van der Waals surface area contributed by atoms with Crippen molar-refractivity contribution in [1.82, 2.24) is 5.32 Å². The van der Waals surface area contributed by atoms with Gasteiger partial charge in [0.2, 0.25) is 0 Å². The van der Waals surface area contributed by atoms with Gasteiger partial charge in [-0.05, 0) is 49.8 Å². The zero-order valence-corrected chi connectivity index (χ0v) is 12.7. The third-order valence-corrected chi connectivity index (χ3v) is 4.09. The van der Waals surface area contributed by atoms with Gasteiger partial charge in [-0.3, -0.25) is 4.79 Å². The number of methoxy groups -OCH3 is 2.